The summed E-state index contributed by atoms with van der Waals surface area (Å²) in [6.07, 6.45) is 0. The van der Waals surface area contributed by atoms with Crippen molar-refractivity contribution in [2.45, 2.75) is 12.3 Å². The second kappa shape index (κ2) is 6.37. The molecule has 2 amide bonds. The second-order valence-corrected chi connectivity index (χ2v) is 6.34. The third-order valence-electron chi connectivity index (χ3n) is 3.52. The van der Waals surface area contributed by atoms with Gasteiger partial charge in [-0.25, -0.2) is 4.90 Å². The molecule has 3 rings (SSSR count). The minimum absolute atomic E-state index is 0.0448. The molecule has 0 saturated carbocycles. The number of benzene rings is 2. The van der Waals surface area contributed by atoms with Crippen LogP contribution in [0.15, 0.2) is 48.5 Å². The minimum atomic E-state index is -1.27. The van der Waals surface area contributed by atoms with Gasteiger partial charge < -0.3 is 15.2 Å². The van der Waals surface area contributed by atoms with E-state index in [0.29, 0.717) is 11.4 Å². The van der Waals surface area contributed by atoms with Crippen molar-refractivity contribution in [3.05, 3.63) is 59.7 Å². The Balaban J connectivity index is 1.77. The summed E-state index contributed by atoms with van der Waals surface area (Å²) in [5.41, 5.74) is 2.08. The first kappa shape index (κ1) is 16.1. The Hall–Kier alpha value is -2.80. The van der Waals surface area contributed by atoms with Gasteiger partial charge in [-0.15, -0.1) is 0 Å². The Kier molecular flexibility index (Phi) is 4.26. The first-order valence-electron chi connectivity index (χ1n) is 7.15. The molecule has 6 nitrogen and oxygen atoms in total. The predicted octanol–water partition coefficient (Wildman–Crippen LogP) is 2.00. The average Bonchev–Trinajstić information content (AvgIpc) is 2.82. The normalized spacial score (nSPS) is 17.2. The maximum absolute atomic E-state index is 12.5. The third-order valence-corrected chi connectivity index (χ3v) is 4.46. The summed E-state index contributed by atoms with van der Waals surface area (Å²) in [7, 11) is 0. The summed E-state index contributed by atoms with van der Waals surface area (Å²) in [4.78, 5) is 36.6. The molecular formula is C17H13N2O4S-. The number of carbonyl (C=O) groups excluding carboxylic acids is 3. The van der Waals surface area contributed by atoms with E-state index in [0.717, 1.165) is 22.2 Å². The van der Waals surface area contributed by atoms with Crippen LogP contribution in [0.25, 0.3) is 0 Å². The monoisotopic (exact) mass is 341 g/mol. The molecule has 1 N–H and O–H groups in total. The number of aryl methyl sites for hydroxylation is 1. The zero-order chi connectivity index (χ0) is 17.3. The third kappa shape index (κ3) is 3.11. The van der Waals surface area contributed by atoms with Crippen LogP contribution in [0.2, 0.25) is 0 Å². The van der Waals surface area contributed by atoms with Crippen LogP contribution in [0.1, 0.15) is 15.9 Å². The fourth-order valence-corrected chi connectivity index (χ4v) is 3.26. The van der Waals surface area contributed by atoms with Gasteiger partial charge >= 0.3 is 0 Å². The summed E-state index contributed by atoms with van der Waals surface area (Å²) in [5, 5.41) is 12.6. The fraction of sp³-hybridized carbons (Fsp3) is 0.118. The summed E-state index contributed by atoms with van der Waals surface area (Å²) in [6.45, 7) is 1.89. The number of nitrogens with one attached hydrogen (secondary N) is 1. The van der Waals surface area contributed by atoms with E-state index in [2.05, 4.69) is 5.32 Å². The Morgan fingerprint density at radius 2 is 1.88 bits per heavy atom. The highest BCUT2D eigenvalue weighted by Gasteiger charge is 2.40. The van der Waals surface area contributed by atoms with E-state index < -0.39 is 11.3 Å². The number of imide groups is 1. The summed E-state index contributed by atoms with van der Waals surface area (Å²) in [5.74, 6) is -1.63. The zero-order valence-corrected chi connectivity index (χ0v) is 13.5. The van der Waals surface area contributed by atoms with Crippen LogP contribution in [0.5, 0.6) is 0 Å². The molecule has 0 bridgehead atoms. The van der Waals surface area contributed by atoms with Crippen molar-refractivity contribution in [2.75, 3.05) is 10.2 Å². The van der Waals surface area contributed by atoms with E-state index in [9.17, 15) is 19.5 Å². The molecule has 1 aliphatic rings. The van der Waals surface area contributed by atoms with E-state index in [1.807, 2.05) is 13.0 Å². The van der Waals surface area contributed by atoms with E-state index in [-0.39, 0.29) is 16.7 Å². The van der Waals surface area contributed by atoms with Crippen molar-refractivity contribution in [1.82, 2.24) is 0 Å². The maximum atomic E-state index is 12.5. The average molecular weight is 341 g/mol. The Morgan fingerprint density at radius 3 is 2.50 bits per heavy atom. The van der Waals surface area contributed by atoms with Crippen LogP contribution >= 0.6 is 11.8 Å². The lowest BCUT2D eigenvalue weighted by atomic mass is 10.2. The van der Waals surface area contributed by atoms with Crippen molar-refractivity contribution in [2.24, 2.45) is 0 Å². The van der Waals surface area contributed by atoms with Crippen molar-refractivity contribution in [1.29, 1.82) is 0 Å². The molecule has 0 radical (unpaired) electrons. The standard InChI is InChI=1S/C17H14N2O4S/c1-10-3-2-4-13(9-10)19-15(20)14(24-17(19)23)18-12-7-5-11(6-8-12)16(21)22/h2-9,14,18H,1H3,(H,21,22)/p-1. The highest BCUT2D eigenvalue weighted by molar-refractivity contribution is 8.16. The molecule has 122 valence electrons. The summed E-state index contributed by atoms with van der Waals surface area (Å²) >= 11 is 0.885. The van der Waals surface area contributed by atoms with E-state index >= 15 is 0 Å². The van der Waals surface area contributed by atoms with Gasteiger partial charge in [-0.05, 0) is 54.1 Å². The SMILES string of the molecule is Cc1cccc(N2C(=O)SC(Nc3ccc(C(=O)[O-])cc3)C2=O)c1. The number of hydrogen-bond donors (Lipinski definition) is 1. The Bertz CT molecular complexity index is 820. The largest absolute Gasteiger partial charge is 0.545 e. The number of hydrogen-bond acceptors (Lipinski definition) is 6. The number of carbonyl (C=O) groups is 3. The van der Waals surface area contributed by atoms with Crippen LogP contribution in [0.3, 0.4) is 0 Å². The van der Waals surface area contributed by atoms with Gasteiger partial charge in [0.25, 0.3) is 11.1 Å². The van der Waals surface area contributed by atoms with E-state index in [1.165, 1.54) is 24.3 Å². The molecule has 1 fully saturated rings. The highest BCUT2D eigenvalue weighted by Crippen LogP contribution is 2.32. The molecule has 2 aromatic carbocycles. The molecule has 1 saturated heterocycles. The topological polar surface area (TPSA) is 89.5 Å². The first-order chi connectivity index (χ1) is 11.5. The van der Waals surface area contributed by atoms with Crippen molar-refractivity contribution in [3.8, 4) is 0 Å². The number of anilines is 2. The number of aromatic carboxylic acids is 1. The van der Waals surface area contributed by atoms with Crippen molar-refractivity contribution < 1.29 is 19.5 Å². The molecule has 0 aliphatic carbocycles. The number of amides is 2. The summed E-state index contributed by atoms with van der Waals surface area (Å²) < 4.78 is 0. The fourth-order valence-electron chi connectivity index (χ4n) is 2.36. The lowest BCUT2D eigenvalue weighted by molar-refractivity contribution is -0.255. The van der Waals surface area contributed by atoms with Gasteiger partial charge in [0.05, 0.1) is 11.7 Å². The van der Waals surface area contributed by atoms with Gasteiger partial charge in [0.2, 0.25) is 0 Å². The van der Waals surface area contributed by atoms with Crippen LogP contribution in [0.4, 0.5) is 16.2 Å². The number of nitrogens with zero attached hydrogens (tertiary/aromatic N) is 1. The Morgan fingerprint density at radius 1 is 1.17 bits per heavy atom. The summed E-state index contributed by atoms with van der Waals surface area (Å²) in [6, 6.07) is 13.0. The van der Waals surface area contributed by atoms with Crippen LogP contribution in [-0.2, 0) is 4.79 Å². The van der Waals surface area contributed by atoms with Gasteiger partial charge in [-0.3, -0.25) is 9.59 Å². The number of carboxylic acids is 1. The molecule has 1 heterocycles. The minimum Gasteiger partial charge on any atom is -0.545 e. The molecular weight excluding hydrogens is 328 g/mol. The van der Waals surface area contributed by atoms with Gasteiger partial charge in [0, 0.05) is 5.69 Å². The van der Waals surface area contributed by atoms with Gasteiger partial charge in [-0.1, -0.05) is 24.3 Å². The second-order valence-electron chi connectivity index (χ2n) is 5.29. The van der Waals surface area contributed by atoms with E-state index in [4.69, 9.17) is 0 Å². The number of carboxylic acid groups (broad SMARTS) is 1. The lowest BCUT2D eigenvalue weighted by Crippen LogP contribution is -2.34. The molecule has 0 spiro atoms. The lowest BCUT2D eigenvalue weighted by Gasteiger charge is -2.15. The highest BCUT2D eigenvalue weighted by atomic mass is 32.2. The predicted molar refractivity (Wildman–Crippen MR) is 89.8 cm³/mol. The van der Waals surface area contributed by atoms with Crippen LogP contribution in [0, 0.1) is 6.92 Å². The molecule has 24 heavy (non-hydrogen) atoms. The number of rotatable bonds is 4. The van der Waals surface area contributed by atoms with Gasteiger partial charge in [-0.2, -0.15) is 0 Å². The number of thioether (sulfide) groups is 1. The van der Waals surface area contributed by atoms with Crippen molar-refractivity contribution in [3.63, 3.8) is 0 Å². The molecule has 7 heteroatoms. The van der Waals surface area contributed by atoms with E-state index in [1.54, 1.807) is 18.2 Å². The molecule has 1 aliphatic heterocycles. The molecule has 0 aromatic heterocycles. The molecule has 1 unspecified atom stereocenters. The van der Waals surface area contributed by atoms with Crippen LogP contribution in [-0.4, -0.2) is 22.5 Å². The van der Waals surface area contributed by atoms with Crippen molar-refractivity contribution >= 4 is 40.3 Å². The maximum Gasteiger partial charge on any atom is 0.295 e. The smallest absolute Gasteiger partial charge is 0.295 e. The molecule has 1 atom stereocenters. The van der Waals surface area contributed by atoms with Gasteiger partial charge in [0.1, 0.15) is 0 Å². The van der Waals surface area contributed by atoms with Crippen LogP contribution < -0.4 is 15.3 Å². The Labute approximate surface area is 142 Å². The molecule has 2 aromatic rings. The quantitative estimate of drug-likeness (QED) is 0.915. The first-order valence-corrected chi connectivity index (χ1v) is 8.03. The van der Waals surface area contributed by atoms with Gasteiger partial charge in [0.15, 0.2) is 5.37 Å². The zero-order valence-electron chi connectivity index (χ0n) is 12.7.